The van der Waals surface area contributed by atoms with Crippen LogP contribution in [-0.4, -0.2) is 43.7 Å². The summed E-state index contributed by atoms with van der Waals surface area (Å²) in [4.78, 5) is 0. The summed E-state index contributed by atoms with van der Waals surface area (Å²) in [6.45, 7) is 0.937. The van der Waals surface area contributed by atoms with Gasteiger partial charge in [-0.3, -0.25) is 0 Å². The maximum atomic E-state index is 13.5. The number of methoxy groups -OCH3 is 3. The zero-order valence-electron chi connectivity index (χ0n) is 16.9. The summed E-state index contributed by atoms with van der Waals surface area (Å²) in [6, 6.07) is 9.46. The van der Waals surface area contributed by atoms with Gasteiger partial charge in [0.05, 0.1) is 27.9 Å². The Morgan fingerprint density at radius 3 is 2.31 bits per heavy atom. The molecule has 1 N–H and O–H groups in total. The van der Waals surface area contributed by atoms with Crippen LogP contribution in [0.25, 0.3) is 21.5 Å². The number of aliphatic hydroxyl groups excluding tert-OH is 1. The summed E-state index contributed by atoms with van der Waals surface area (Å²) in [5, 5.41) is 28.7. The van der Waals surface area contributed by atoms with Crippen LogP contribution in [0.4, 0.5) is 0 Å². The fourth-order valence-electron chi connectivity index (χ4n) is 5.32. The Morgan fingerprint density at radius 1 is 0.931 bits per heavy atom. The highest BCUT2D eigenvalue weighted by Gasteiger charge is 2.46. The van der Waals surface area contributed by atoms with Crippen LogP contribution in [0.5, 0.6) is 17.2 Å². The molecular formula is C23H25NO5. The number of quaternary nitrogens is 1. The molecule has 0 aromatic heterocycles. The van der Waals surface area contributed by atoms with E-state index in [0.717, 1.165) is 51.3 Å². The minimum Gasteiger partial charge on any atom is -0.632 e. The molecule has 2 heterocycles. The molecule has 0 bridgehead atoms. The number of aliphatic hydroxyl groups is 1. The molecule has 2 aliphatic heterocycles. The third kappa shape index (κ3) is 2.53. The smallest absolute Gasteiger partial charge is 0.161 e. The van der Waals surface area contributed by atoms with Crippen LogP contribution in [0.2, 0.25) is 0 Å². The molecule has 3 aromatic rings. The van der Waals surface area contributed by atoms with Gasteiger partial charge < -0.3 is 29.2 Å². The van der Waals surface area contributed by atoms with Crippen molar-refractivity contribution in [2.75, 3.05) is 27.9 Å². The molecule has 3 atom stereocenters. The van der Waals surface area contributed by atoms with Crippen molar-refractivity contribution in [1.29, 1.82) is 0 Å². The van der Waals surface area contributed by atoms with Crippen LogP contribution < -0.4 is 14.2 Å². The van der Waals surface area contributed by atoms with E-state index < -0.39 is 6.10 Å². The average Bonchev–Trinajstić information content (AvgIpc) is 3.14. The maximum Gasteiger partial charge on any atom is 0.161 e. The third-order valence-electron chi connectivity index (χ3n) is 6.71. The molecule has 1 fully saturated rings. The van der Waals surface area contributed by atoms with Crippen molar-refractivity contribution in [1.82, 2.24) is 0 Å². The predicted octanol–water partition coefficient (Wildman–Crippen LogP) is 4.04. The summed E-state index contributed by atoms with van der Waals surface area (Å²) >= 11 is 0. The highest BCUT2D eigenvalue weighted by atomic mass is 16.6. The van der Waals surface area contributed by atoms with Gasteiger partial charge in [-0.15, -0.1) is 0 Å². The minimum atomic E-state index is -0.800. The van der Waals surface area contributed by atoms with Crippen LogP contribution in [-0.2, 0) is 6.54 Å². The van der Waals surface area contributed by atoms with E-state index in [-0.39, 0.29) is 10.7 Å². The molecule has 0 aliphatic carbocycles. The summed E-state index contributed by atoms with van der Waals surface area (Å²) in [5.41, 5.74) is 1.79. The second kappa shape index (κ2) is 6.49. The van der Waals surface area contributed by atoms with Gasteiger partial charge in [0.15, 0.2) is 11.5 Å². The zero-order chi connectivity index (χ0) is 20.3. The highest BCUT2D eigenvalue weighted by molar-refractivity contribution is 6.12. The first-order valence-electron chi connectivity index (χ1n) is 9.95. The quantitative estimate of drug-likeness (QED) is 0.412. The van der Waals surface area contributed by atoms with E-state index in [9.17, 15) is 10.3 Å². The second-order valence-corrected chi connectivity index (χ2v) is 8.05. The molecule has 3 aromatic carbocycles. The first kappa shape index (κ1) is 18.5. The fourth-order valence-corrected chi connectivity index (χ4v) is 5.32. The van der Waals surface area contributed by atoms with Crippen molar-refractivity contribution < 1.29 is 24.0 Å². The minimum absolute atomic E-state index is 0.311. The molecule has 6 nitrogen and oxygen atoms in total. The van der Waals surface area contributed by atoms with Gasteiger partial charge in [-0.1, -0.05) is 6.07 Å². The van der Waals surface area contributed by atoms with Gasteiger partial charge in [-0.05, 0) is 45.8 Å². The lowest BCUT2D eigenvalue weighted by molar-refractivity contribution is -0.912. The van der Waals surface area contributed by atoms with E-state index in [2.05, 4.69) is 0 Å². The largest absolute Gasteiger partial charge is 0.632 e. The number of hydrogen-bond acceptors (Lipinski definition) is 5. The summed E-state index contributed by atoms with van der Waals surface area (Å²) < 4.78 is 16.2. The second-order valence-electron chi connectivity index (χ2n) is 8.05. The molecule has 1 unspecified atom stereocenters. The molecule has 0 radical (unpaired) electrons. The van der Waals surface area contributed by atoms with Crippen LogP contribution in [0.15, 0.2) is 30.3 Å². The summed E-state index contributed by atoms with van der Waals surface area (Å²) in [6.07, 6.45) is 0.797. The Morgan fingerprint density at radius 2 is 1.62 bits per heavy atom. The van der Waals surface area contributed by atoms with Gasteiger partial charge in [0.1, 0.15) is 24.4 Å². The number of fused-ring (bicyclic) bond motifs is 7. The van der Waals surface area contributed by atoms with E-state index >= 15 is 0 Å². The molecular weight excluding hydrogens is 370 g/mol. The molecule has 1 saturated heterocycles. The molecule has 152 valence electrons. The van der Waals surface area contributed by atoms with Gasteiger partial charge in [0.25, 0.3) is 0 Å². The first-order valence-corrected chi connectivity index (χ1v) is 9.95. The lowest BCUT2D eigenvalue weighted by atomic mass is 9.83. The average molecular weight is 395 g/mol. The van der Waals surface area contributed by atoms with Crippen molar-refractivity contribution in [3.8, 4) is 17.2 Å². The molecule has 6 heteroatoms. The van der Waals surface area contributed by atoms with E-state index in [0.29, 0.717) is 24.6 Å². The monoisotopic (exact) mass is 395 g/mol. The Bertz CT molecular complexity index is 1130. The number of nitrogens with zero attached hydrogens (tertiary/aromatic N) is 1. The molecule has 0 saturated carbocycles. The molecule has 5 rings (SSSR count). The number of hydroxylamine groups is 3. The normalized spacial score (nSPS) is 25.7. The van der Waals surface area contributed by atoms with Gasteiger partial charge in [0.2, 0.25) is 0 Å². The Hall–Kier alpha value is -2.54. The van der Waals surface area contributed by atoms with Crippen molar-refractivity contribution in [3.63, 3.8) is 0 Å². The van der Waals surface area contributed by atoms with Crippen molar-refractivity contribution in [2.45, 2.75) is 31.5 Å². The Labute approximate surface area is 169 Å². The van der Waals surface area contributed by atoms with Crippen molar-refractivity contribution in [3.05, 3.63) is 46.7 Å². The molecule has 29 heavy (non-hydrogen) atoms. The van der Waals surface area contributed by atoms with Crippen LogP contribution >= 0.6 is 0 Å². The molecule has 2 aliphatic rings. The highest BCUT2D eigenvalue weighted by Crippen LogP contribution is 2.49. The number of hydrogen-bond donors (Lipinski definition) is 1. The predicted molar refractivity (Wildman–Crippen MR) is 111 cm³/mol. The van der Waals surface area contributed by atoms with Crippen molar-refractivity contribution in [2.24, 2.45) is 0 Å². The molecule has 0 amide bonds. The SMILES string of the molecule is COc1ccc2c3c(c4cc(OC)c(OC)cc4c2c1)[C@@H](O)[C@H]1CCC[N+]1([O-])C3. The van der Waals surface area contributed by atoms with E-state index in [1.54, 1.807) is 21.3 Å². The van der Waals surface area contributed by atoms with Gasteiger partial charge in [0, 0.05) is 24.0 Å². The van der Waals surface area contributed by atoms with Gasteiger partial charge >= 0.3 is 0 Å². The van der Waals surface area contributed by atoms with E-state index in [1.165, 1.54) is 0 Å². The Balaban J connectivity index is 1.93. The maximum absolute atomic E-state index is 13.5. The topological polar surface area (TPSA) is 71.0 Å². The number of benzene rings is 3. The molecule has 0 spiro atoms. The van der Waals surface area contributed by atoms with Crippen LogP contribution in [0.1, 0.15) is 30.1 Å². The zero-order valence-corrected chi connectivity index (χ0v) is 16.9. The van der Waals surface area contributed by atoms with Crippen LogP contribution in [0.3, 0.4) is 0 Å². The lowest BCUT2D eigenvalue weighted by Gasteiger charge is -2.50. The first-order chi connectivity index (χ1) is 14.0. The van der Waals surface area contributed by atoms with E-state index in [1.807, 2.05) is 30.3 Å². The third-order valence-corrected chi connectivity index (χ3v) is 6.71. The van der Waals surface area contributed by atoms with Crippen LogP contribution in [0, 0.1) is 5.21 Å². The number of rotatable bonds is 3. The fraction of sp³-hybridized carbons (Fsp3) is 0.391. The summed E-state index contributed by atoms with van der Waals surface area (Å²) in [5.74, 6) is 1.98. The lowest BCUT2D eigenvalue weighted by Crippen LogP contribution is -2.51. The number of ether oxygens (including phenoxy) is 3. The standard InChI is InChI=1S/C23H25NO5/c1-27-13-6-7-14-15(9-13)16-10-20(28-2)21(29-3)11-17(16)22-18(14)12-24(26)8-4-5-19(24)23(22)25/h6-7,9-11,19,23,25H,4-5,8,12H2,1-3H3/t19-,23+,24?/m1/s1. The van der Waals surface area contributed by atoms with Crippen molar-refractivity contribution >= 4 is 21.5 Å². The van der Waals surface area contributed by atoms with E-state index in [4.69, 9.17) is 14.2 Å². The Kier molecular flexibility index (Phi) is 4.13. The summed E-state index contributed by atoms with van der Waals surface area (Å²) in [7, 11) is 4.86. The van der Waals surface area contributed by atoms with Gasteiger partial charge in [-0.25, -0.2) is 0 Å². The van der Waals surface area contributed by atoms with Gasteiger partial charge in [-0.2, -0.15) is 0 Å².